The number of piperidine rings is 1. The standard InChI is InChI=1S/C18H28N4O3/c1-18(2,3)22(17(24)25)13-6-5-9-21(11-13)16(23)12-7-8-15(20-4)14(19)10-12/h7-8,10,13,20H,5-6,9,11,19H2,1-4H3,(H,24,25)/t13-/m1/s1. The van der Waals surface area contributed by atoms with Gasteiger partial charge >= 0.3 is 6.09 Å². The van der Waals surface area contributed by atoms with Gasteiger partial charge in [0.15, 0.2) is 0 Å². The van der Waals surface area contributed by atoms with Gasteiger partial charge in [0.25, 0.3) is 5.91 Å². The summed E-state index contributed by atoms with van der Waals surface area (Å²) in [5, 5.41) is 12.6. The van der Waals surface area contributed by atoms with Crippen molar-refractivity contribution < 1.29 is 14.7 Å². The van der Waals surface area contributed by atoms with Crippen molar-refractivity contribution in [3.63, 3.8) is 0 Å². The summed E-state index contributed by atoms with van der Waals surface area (Å²) in [5.74, 6) is -0.113. The normalized spacial score (nSPS) is 17.9. The van der Waals surface area contributed by atoms with E-state index in [0.717, 1.165) is 18.5 Å². The zero-order valence-electron chi connectivity index (χ0n) is 15.4. The first-order valence-electron chi connectivity index (χ1n) is 8.54. The third-order valence-corrected chi connectivity index (χ3v) is 4.55. The molecule has 7 nitrogen and oxygen atoms in total. The third-order valence-electron chi connectivity index (χ3n) is 4.55. The summed E-state index contributed by atoms with van der Waals surface area (Å²) >= 11 is 0. The van der Waals surface area contributed by atoms with Crippen LogP contribution in [0.4, 0.5) is 16.2 Å². The second kappa shape index (κ2) is 7.21. The van der Waals surface area contributed by atoms with Gasteiger partial charge in [-0.15, -0.1) is 0 Å². The highest BCUT2D eigenvalue weighted by molar-refractivity contribution is 5.96. The van der Waals surface area contributed by atoms with Crippen LogP contribution in [0, 0.1) is 0 Å². The van der Waals surface area contributed by atoms with Crippen molar-refractivity contribution in [1.29, 1.82) is 0 Å². The summed E-state index contributed by atoms with van der Waals surface area (Å²) in [6.45, 7) is 6.65. The lowest BCUT2D eigenvalue weighted by Crippen LogP contribution is -2.57. The molecule has 0 bridgehead atoms. The summed E-state index contributed by atoms with van der Waals surface area (Å²) in [6, 6.07) is 4.98. The summed E-state index contributed by atoms with van der Waals surface area (Å²) in [7, 11) is 1.77. The number of nitrogens with two attached hydrogens (primary N) is 1. The third kappa shape index (κ3) is 4.15. The minimum Gasteiger partial charge on any atom is -0.465 e. The second-order valence-corrected chi connectivity index (χ2v) is 7.42. The minimum absolute atomic E-state index is 0.113. The maximum atomic E-state index is 12.8. The number of anilines is 2. The Balaban J connectivity index is 2.19. The topological polar surface area (TPSA) is 98.9 Å². The van der Waals surface area contributed by atoms with Crippen LogP contribution >= 0.6 is 0 Å². The molecule has 0 aromatic heterocycles. The summed E-state index contributed by atoms with van der Waals surface area (Å²) in [4.78, 5) is 27.7. The van der Waals surface area contributed by atoms with Gasteiger partial charge in [-0.05, 0) is 51.8 Å². The fourth-order valence-corrected chi connectivity index (χ4v) is 3.45. The van der Waals surface area contributed by atoms with E-state index < -0.39 is 11.6 Å². The van der Waals surface area contributed by atoms with Gasteiger partial charge in [0.05, 0.1) is 17.4 Å². The molecular weight excluding hydrogens is 320 g/mol. The quantitative estimate of drug-likeness (QED) is 0.730. The molecule has 1 aliphatic heterocycles. The molecule has 1 fully saturated rings. The Hall–Kier alpha value is -2.44. The molecule has 0 saturated carbocycles. The van der Waals surface area contributed by atoms with Crippen LogP contribution in [0.1, 0.15) is 44.0 Å². The monoisotopic (exact) mass is 348 g/mol. The molecule has 2 rings (SSSR count). The number of benzene rings is 1. The van der Waals surface area contributed by atoms with Crippen LogP contribution < -0.4 is 11.1 Å². The molecule has 0 spiro atoms. The predicted octanol–water partition coefficient (Wildman–Crippen LogP) is 2.69. The lowest BCUT2D eigenvalue weighted by molar-refractivity contribution is 0.0315. The number of carbonyl (C=O) groups excluding carboxylic acids is 1. The van der Waals surface area contributed by atoms with Crippen LogP contribution in [-0.4, -0.2) is 58.6 Å². The number of carboxylic acid groups (broad SMARTS) is 1. The molecule has 1 aromatic rings. The van der Waals surface area contributed by atoms with Crippen LogP contribution in [0.2, 0.25) is 0 Å². The number of amides is 2. The molecule has 0 aliphatic carbocycles. The van der Waals surface area contributed by atoms with E-state index in [1.165, 1.54) is 4.90 Å². The van der Waals surface area contributed by atoms with Crippen LogP contribution in [0.25, 0.3) is 0 Å². The predicted molar refractivity (Wildman–Crippen MR) is 98.9 cm³/mol. The van der Waals surface area contributed by atoms with E-state index in [-0.39, 0.29) is 11.9 Å². The van der Waals surface area contributed by atoms with E-state index in [9.17, 15) is 14.7 Å². The Morgan fingerprint density at radius 2 is 2.04 bits per heavy atom. The van der Waals surface area contributed by atoms with E-state index in [1.807, 2.05) is 20.8 Å². The van der Waals surface area contributed by atoms with Crippen LogP contribution in [-0.2, 0) is 0 Å². The van der Waals surface area contributed by atoms with Gasteiger partial charge in [-0.2, -0.15) is 0 Å². The van der Waals surface area contributed by atoms with Gasteiger partial charge in [0.2, 0.25) is 0 Å². The second-order valence-electron chi connectivity index (χ2n) is 7.42. The highest BCUT2D eigenvalue weighted by Gasteiger charge is 2.36. The lowest BCUT2D eigenvalue weighted by Gasteiger charge is -2.44. The number of carbonyl (C=O) groups is 2. The van der Waals surface area contributed by atoms with Crippen LogP contribution in [0.5, 0.6) is 0 Å². The van der Waals surface area contributed by atoms with Crippen LogP contribution in [0.3, 0.4) is 0 Å². The van der Waals surface area contributed by atoms with Gasteiger partial charge in [-0.25, -0.2) is 4.79 Å². The molecule has 1 aliphatic rings. The zero-order chi connectivity index (χ0) is 18.8. The van der Waals surface area contributed by atoms with Gasteiger partial charge in [-0.3, -0.25) is 9.69 Å². The fraction of sp³-hybridized carbons (Fsp3) is 0.556. The SMILES string of the molecule is CNc1ccc(C(=O)N2CCC[C@@H](N(C(=O)O)C(C)(C)C)C2)cc1N. The van der Waals surface area contributed by atoms with E-state index in [0.29, 0.717) is 24.3 Å². The number of hydrogen-bond acceptors (Lipinski definition) is 4. The van der Waals surface area contributed by atoms with Crippen molar-refractivity contribution in [1.82, 2.24) is 9.80 Å². The Morgan fingerprint density at radius 1 is 1.36 bits per heavy atom. The largest absolute Gasteiger partial charge is 0.465 e. The summed E-state index contributed by atoms with van der Waals surface area (Å²) < 4.78 is 0. The molecule has 0 radical (unpaired) electrons. The van der Waals surface area contributed by atoms with E-state index in [1.54, 1.807) is 30.1 Å². The molecule has 25 heavy (non-hydrogen) atoms. The summed E-state index contributed by atoms with van der Waals surface area (Å²) in [6.07, 6.45) is 0.587. The van der Waals surface area contributed by atoms with Gasteiger partial charge in [-0.1, -0.05) is 0 Å². The molecule has 0 unspecified atom stereocenters. The van der Waals surface area contributed by atoms with Crippen molar-refractivity contribution in [2.75, 3.05) is 31.2 Å². The average Bonchev–Trinajstić information content (AvgIpc) is 2.52. The molecule has 1 saturated heterocycles. The van der Waals surface area contributed by atoms with E-state index in [4.69, 9.17) is 5.73 Å². The first kappa shape index (κ1) is 18.9. The number of hydrogen-bond donors (Lipinski definition) is 3. The molecule has 4 N–H and O–H groups in total. The molecule has 7 heteroatoms. The molecular formula is C18H28N4O3. The number of nitrogens with zero attached hydrogens (tertiary/aromatic N) is 2. The highest BCUT2D eigenvalue weighted by atomic mass is 16.4. The van der Waals surface area contributed by atoms with E-state index in [2.05, 4.69) is 5.32 Å². The summed E-state index contributed by atoms with van der Waals surface area (Å²) in [5.41, 5.74) is 7.26. The lowest BCUT2D eigenvalue weighted by atomic mass is 9.97. The number of rotatable bonds is 3. The van der Waals surface area contributed by atoms with Gasteiger partial charge in [0.1, 0.15) is 0 Å². The van der Waals surface area contributed by atoms with Crippen molar-refractivity contribution in [2.24, 2.45) is 0 Å². The van der Waals surface area contributed by atoms with Crippen molar-refractivity contribution in [2.45, 2.75) is 45.2 Å². The highest BCUT2D eigenvalue weighted by Crippen LogP contribution is 2.26. The fourth-order valence-electron chi connectivity index (χ4n) is 3.45. The molecule has 1 atom stereocenters. The maximum absolute atomic E-state index is 12.8. The molecule has 2 amide bonds. The first-order chi connectivity index (χ1) is 11.6. The zero-order valence-corrected chi connectivity index (χ0v) is 15.4. The smallest absolute Gasteiger partial charge is 0.408 e. The molecule has 1 heterocycles. The Kier molecular flexibility index (Phi) is 5.45. The maximum Gasteiger partial charge on any atom is 0.408 e. The Labute approximate surface area is 148 Å². The van der Waals surface area contributed by atoms with Gasteiger partial charge in [0, 0.05) is 31.2 Å². The number of likely N-dealkylation sites (tertiary alicyclic amines) is 1. The average molecular weight is 348 g/mol. The van der Waals surface area contributed by atoms with Gasteiger partial charge < -0.3 is 21.1 Å². The molecule has 1 aromatic carbocycles. The first-order valence-corrected chi connectivity index (χ1v) is 8.54. The van der Waals surface area contributed by atoms with Crippen molar-refractivity contribution in [3.05, 3.63) is 23.8 Å². The Bertz CT molecular complexity index is 654. The van der Waals surface area contributed by atoms with Crippen molar-refractivity contribution >= 4 is 23.4 Å². The van der Waals surface area contributed by atoms with E-state index >= 15 is 0 Å². The number of nitrogens with one attached hydrogen (secondary N) is 1. The van der Waals surface area contributed by atoms with Crippen molar-refractivity contribution in [3.8, 4) is 0 Å². The molecule has 138 valence electrons. The number of nitrogen functional groups attached to an aromatic ring is 1. The minimum atomic E-state index is -0.950. The Morgan fingerprint density at radius 3 is 2.56 bits per heavy atom. The van der Waals surface area contributed by atoms with Crippen LogP contribution in [0.15, 0.2) is 18.2 Å².